The van der Waals surface area contributed by atoms with Crippen molar-refractivity contribution in [3.63, 3.8) is 0 Å². The van der Waals surface area contributed by atoms with Gasteiger partial charge in [0.05, 0.1) is 12.6 Å². The van der Waals surface area contributed by atoms with Gasteiger partial charge in [-0.1, -0.05) is 50.2 Å². The number of primary amides is 1. The highest BCUT2D eigenvalue weighted by Crippen LogP contribution is 2.15. The number of hydrogen-bond acceptors (Lipinski definition) is 3. The third kappa shape index (κ3) is 8.12. The van der Waals surface area contributed by atoms with Crippen LogP contribution in [0.5, 0.6) is 0 Å². The molecule has 1 atom stereocenters. The van der Waals surface area contributed by atoms with E-state index in [9.17, 15) is 9.59 Å². The number of rotatable bonds is 9. The molecule has 31 heavy (non-hydrogen) atoms. The molecule has 2 rings (SSSR count). The molecule has 0 bridgehead atoms. The second kappa shape index (κ2) is 11.7. The minimum absolute atomic E-state index is 0.107. The predicted octanol–water partition coefficient (Wildman–Crippen LogP) is 2.53. The summed E-state index contributed by atoms with van der Waals surface area (Å²) in [6.45, 7) is 6.93. The Kier molecular flexibility index (Phi) is 9.06. The van der Waals surface area contributed by atoms with Gasteiger partial charge in [-0.2, -0.15) is 0 Å². The van der Waals surface area contributed by atoms with E-state index in [-0.39, 0.29) is 18.5 Å². The monoisotopic (exact) mass is 423 g/mol. The van der Waals surface area contributed by atoms with E-state index in [2.05, 4.69) is 66.0 Å². The first-order valence-electron chi connectivity index (χ1n) is 10.5. The van der Waals surface area contributed by atoms with E-state index < -0.39 is 5.91 Å². The van der Waals surface area contributed by atoms with Crippen LogP contribution >= 0.6 is 0 Å². The first-order valence-corrected chi connectivity index (χ1v) is 10.5. The van der Waals surface area contributed by atoms with E-state index in [0.717, 1.165) is 12.0 Å². The number of guanidine groups is 1. The Morgan fingerprint density at radius 1 is 0.935 bits per heavy atom. The summed E-state index contributed by atoms with van der Waals surface area (Å²) in [5.74, 6) is 0.433. The smallest absolute Gasteiger partial charge is 0.251 e. The lowest BCUT2D eigenvalue weighted by Gasteiger charge is -2.19. The number of nitrogens with two attached hydrogens (primary N) is 1. The summed E-state index contributed by atoms with van der Waals surface area (Å²) in [7, 11) is 1.74. The van der Waals surface area contributed by atoms with Gasteiger partial charge in [-0.25, -0.2) is 0 Å². The van der Waals surface area contributed by atoms with E-state index in [0.29, 0.717) is 24.0 Å². The van der Waals surface area contributed by atoms with Gasteiger partial charge in [0.2, 0.25) is 5.91 Å². The summed E-state index contributed by atoms with van der Waals surface area (Å²) in [6.07, 6.45) is 1.08. The molecule has 0 saturated carbocycles. The molecule has 166 valence electrons. The summed E-state index contributed by atoms with van der Waals surface area (Å²) >= 11 is 0. The zero-order valence-electron chi connectivity index (χ0n) is 18.7. The van der Waals surface area contributed by atoms with E-state index in [4.69, 9.17) is 5.73 Å². The van der Waals surface area contributed by atoms with Crippen molar-refractivity contribution in [3.8, 4) is 0 Å². The number of hydrogen-bond donors (Lipinski definition) is 4. The Morgan fingerprint density at radius 2 is 1.55 bits per heavy atom. The molecule has 5 N–H and O–H groups in total. The van der Waals surface area contributed by atoms with Crippen LogP contribution in [0.25, 0.3) is 0 Å². The SMILES string of the molecule is CN=C(NCc1ccc(C(=O)NCC(N)=O)cc1)NC(C)c1ccc(CC(C)C)cc1. The summed E-state index contributed by atoms with van der Waals surface area (Å²) in [4.78, 5) is 27.0. The quantitative estimate of drug-likeness (QED) is 0.367. The largest absolute Gasteiger partial charge is 0.368 e. The number of nitrogens with one attached hydrogen (secondary N) is 3. The zero-order valence-corrected chi connectivity index (χ0v) is 18.7. The van der Waals surface area contributed by atoms with Crippen LogP contribution in [0.3, 0.4) is 0 Å². The molecule has 0 saturated heterocycles. The van der Waals surface area contributed by atoms with Crippen molar-refractivity contribution in [2.24, 2.45) is 16.6 Å². The maximum Gasteiger partial charge on any atom is 0.251 e. The van der Waals surface area contributed by atoms with Crippen molar-refractivity contribution in [2.75, 3.05) is 13.6 Å². The highest BCUT2D eigenvalue weighted by Gasteiger charge is 2.09. The van der Waals surface area contributed by atoms with Gasteiger partial charge >= 0.3 is 0 Å². The highest BCUT2D eigenvalue weighted by molar-refractivity contribution is 5.96. The second-order valence-electron chi connectivity index (χ2n) is 7.98. The van der Waals surface area contributed by atoms with Gasteiger partial charge in [-0.15, -0.1) is 0 Å². The summed E-state index contributed by atoms with van der Waals surface area (Å²) in [5, 5.41) is 9.16. The van der Waals surface area contributed by atoms with Crippen LogP contribution in [0.1, 0.15) is 53.9 Å². The number of aliphatic imine (C=N–C) groups is 1. The Balaban J connectivity index is 1.87. The Hall–Kier alpha value is -3.35. The fourth-order valence-corrected chi connectivity index (χ4v) is 3.13. The van der Waals surface area contributed by atoms with Crippen molar-refractivity contribution >= 4 is 17.8 Å². The van der Waals surface area contributed by atoms with Crippen LogP contribution in [0.15, 0.2) is 53.5 Å². The summed E-state index contributed by atoms with van der Waals surface area (Å²) < 4.78 is 0. The highest BCUT2D eigenvalue weighted by atomic mass is 16.2. The Morgan fingerprint density at radius 3 is 2.10 bits per heavy atom. The minimum atomic E-state index is -0.575. The van der Waals surface area contributed by atoms with Gasteiger partial charge < -0.3 is 21.7 Å². The summed E-state index contributed by atoms with van der Waals surface area (Å²) in [5.41, 5.74) is 9.06. The molecular formula is C24H33N5O2. The average Bonchev–Trinajstić information content (AvgIpc) is 2.75. The number of carbonyl (C=O) groups is 2. The van der Waals surface area contributed by atoms with Gasteiger partial charge in [-0.3, -0.25) is 14.6 Å². The van der Waals surface area contributed by atoms with Crippen molar-refractivity contribution in [2.45, 2.75) is 39.8 Å². The van der Waals surface area contributed by atoms with E-state index in [1.807, 2.05) is 12.1 Å². The first kappa shape index (κ1) is 23.9. The molecule has 0 heterocycles. The maximum absolute atomic E-state index is 11.9. The molecule has 1 unspecified atom stereocenters. The van der Waals surface area contributed by atoms with Crippen LogP contribution in [0.4, 0.5) is 0 Å². The number of carbonyl (C=O) groups excluding carboxylic acids is 2. The van der Waals surface area contributed by atoms with Gasteiger partial charge in [0.25, 0.3) is 5.91 Å². The molecule has 2 aromatic rings. The van der Waals surface area contributed by atoms with Gasteiger partial charge in [0, 0.05) is 19.2 Å². The lowest BCUT2D eigenvalue weighted by atomic mass is 10.00. The molecule has 0 fully saturated rings. The lowest BCUT2D eigenvalue weighted by molar-refractivity contribution is -0.117. The van der Waals surface area contributed by atoms with Crippen molar-refractivity contribution in [1.29, 1.82) is 0 Å². The fourth-order valence-electron chi connectivity index (χ4n) is 3.13. The van der Waals surface area contributed by atoms with Gasteiger partial charge in [-0.05, 0) is 48.1 Å². The van der Waals surface area contributed by atoms with E-state index >= 15 is 0 Å². The molecule has 7 nitrogen and oxygen atoms in total. The number of benzene rings is 2. The van der Waals surface area contributed by atoms with Crippen LogP contribution in [-0.4, -0.2) is 31.4 Å². The molecule has 7 heteroatoms. The predicted molar refractivity (Wildman–Crippen MR) is 125 cm³/mol. The number of nitrogens with zero attached hydrogens (tertiary/aromatic N) is 1. The van der Waals surface area contributed by atoms with E-state index in [1.165, 1.54) is 11.1 Å². The third-order valence-electron chi connectivity index (χ3n) is 4.80. The fraction of sp³-hybridized carbons (Fsp3) is 0.375. The van der Waals surface area contributed by atoms with Gasteiger partial charge in [0.1, 0.15) is 0 Å². The third-order valence-corrected chi connectivity index (χ3v) is 4.80. The van der Waals surface area contributed by atoms with Crippen LogP contribution in [-0.2, 0) is 17.8 Å². The first-order chi connectivity index (χ1) is 14.8. The normalized spacial score (nSPS) is 12.4. The zero-order chi connectivity index (χ0) is 22.8. The minimum Gasteiger partial charge on any atom is -0.368 e. The van der Waals surface area contributed by atoms with Crippen molar-refractivity contribution in [1.82, 2.24) is 16.0 Å². The molecule has 0 aromatic heterocycles. The summed E-state index contributed by atoms with van der Waals surface area (Å²) in [6, 6.07) is 15.9. The molecular weight excluding hydrogens is 390 g/mol. The molecule has 0 aliphatic rings. The molecule has 0 aliphatic heterocycles. The van der Waals surface area contributed by atoms with E-state index in [1.54, 1.807) is 19.2 Å². The lowest BCUT2D eigenvalue weighted by Crippen LogP contribution is -2.38. The van der Waals surface area contributed by atoms with Crippen molar-refractivity contribution in [3.05, 3.63) is 70.8 Å². The molecule has 2 amide bonds. The standard InChI is InChI=1S/C24H33N5O2/c1-16(2)13-18-5-9-20(10-6-18)17(3)29-24(26-4)28-14-19-7-11-21(12-8-19)23(31)27-15-22(25)30/h5-12,16-17H,13-15H2,1-4H3,(H2,25,30)(H,27,31)(H2,26,28,29). The Labute approximate surface area is 184 Å². The topological polar surface area (TPSA) is 109 Å². The maximum atomic E-state index is 11.9. The Bertz CT molecular complexity index is 889. The van der Waals surface area contributed by atoms with Crippen molar-refractivity contribution < 1.29 is 9.59 Å². The molecule has 0 aliphatic carbocycles. The van der Waals surface area contributed by atoms with Crippen LogP contribution in [0, 0.1) is 5.92 Å². The number of amides is 2. The van der Waals surface area contributed by atoms with Gasteiger partial charge in [0.15, 0.2) is 5.96 Å². The van der Waals surface area contributed by atoms with Crippen LogP contribution < -0.4 is 21.7 Å². The molecule has 2 aromatic carbocycles. The molecule has 0 radical (unpaired) electrons. The average molecular weight is 424 g/mol. The molecule has 0 spiro atoms. The second-order valence-corrected chi connectivity index (χ2v) is 7.98. The van der Waals surface area contributed by atoms with Crippen LogP contribution in [0.2, 0.25) is 0 Å².